The standard InChI is InChI=1S/C31H33N3O5/c1-20(21-6-3-2-4-7-21)39-31(35)33-23-12-10-22(11-13-23)30-29(32)27-15-14-25(37-18-26-17-36-19-38-26)16-28(27)34(30)24-8-5-9-24/h2-4,6-7,10-16,20,24,26H,5,8-9,17-19,32H2,1H3,(H,33,35)/t20-,26?/m1/s1. The second-order valence-corrected chi connectivity index (χ2v) is 10.1. The molecule has 202 valence electrons. The van der Waals surface area contributed by atoms with Gasteiger partial charge in [0.2, 0.25) is 0 Å². The fourth-order valence-electron chi connectivity index (χ4n) is 5.19. The number of anilines is 2. The Bertz CT molecular complexity index is 1440. The molecule has 6 rings (SSSR count). The van der Waals surface area contributed by atoms with Crippen LogP contribution in [0.3, 0.4) is 0 Å². The largest absolute Gasteiger partial charge is 0.491 e. The first-order chi connectivity index (χ1) is 19.1. The molecule has 0 radical (unpaired) electrons. The molecule has 1 amide bonds. The minimum atomic E-state index is -0.496. The minimum absolute atomic E-state index is 0.0503. The number of hydrogen-bond donors (Lipinski definition) is 2. The topological polar surface area (TPSA) is 97.0 Å². The summed E-state index contributed by atoms with van der Waals surface area (Å²) in [7, 11) is 0. The molecule has 1 saturated heterocycles. The molecule has 1 aliphatic carbocycles. The number of fused-ring (bicyclic) bond motifs is 1. The zero-order valence-corrected chi connectivity index (χ0v) is 22.0. The number of ether oxygens (including phenoxy) is 4. The Labute approximate surface area is 227 Å². The van der Waals surface area contributed by atoms with Crippen molar-refractivity contribution in [2.24, 2.45) is 0 Å². The van der Waals surface area contributed by atoms with Crippen molar-refractivity contribution in [2.45, 2.75) is 44.4 Å². The van der Waals surface area contributed by atoms with Gasteiger partial charge in [0.25, 0.3) is 0 Å². The monoisotopic (exact) mass is 527 g/mol. The van der Waals surface area contributed by atoms with E-state index >= 15 is 0 Å². The maximum Gasteiger partial charge on any atom is 0.412 e. The number of rotatable bonds is 8. The number of nitrogens with one attached hydrogen (secondary N) is 1. The van der Waals surface area contributed by atoms with Gasteiger partial charge in [-0.1, -0.05) is 42.5 Å². The maximum absolute atomic E-state index is 12.5. The van der Waals surface area contributed by atoms with Crippen LogP contribution in [0.2, 0.25) is 0 Å². The van der Waals surface area contributed by atoms with Gasteiger partial charge in [0.15, 0.2) is 0 Å². The summed E-state index contributed by atoms with van der Waals surface area (Å²) < 4.78 is 24.7. The molecular weight excluding hydrogens is 494 g/mol. The summed E-state index contributed by atoms with van der Waals surface area (Å²) in [4.78, 5) is 12.5. The fourth-order valence-corrected chi connectivity index (χ4v) is 5.19. The van der Waals surface area contributed by atoms with Crippen LogP contribution >= 0.6 is 0 Å². The first-order valence-electron chi connectivity index (χ1n) is 13.5. The molecule has 4 aromatic rings. The number of aromatic nitrogens is 1. The highest BCUT2D eigenvalue weighted by atomic mass is 16.7. The predicted molar refractivity (Wildman–Crippen MR) is 151 cm³/mol. The van der Waals surface area contributed by atoms with Crippen LogP contribution in [-0.2, 0) is 14.2 Å². The molecule has 0 bridgehead atoms. The Balaban J connectivity index is 1.22. The Morgan fingerprint density at radius 3 is 2.59 bits per heavy atom. The van der Waals surface area contributed by atoms with Crippen molar-refractivity contribution in [3.63, 3.8) is 0 Å². The van der Waals surface area contributed by atoms with E-state index in [-0.39, 0.29) is 12.2 Å². The number of hydrogen-bond acceptors (Lipinski definition) is 6. The van der Waals surface area contributed by atoms with Crippen LogP contribution in [0.25, 0.3) is 22.2 Å². The normalized spacial score (nSPS) is 18.0. The molecule has 8 nitrogen and oxygen atoms in total. The Kier molecular flexibility index (Phi) is 7.13. The van der Waals surface area contributed by atoms with E-state index in [1.54, 1.807) is 0 Å². The van der Waals surface area contributed by atoms with E-state index in [1.807, 2.05) is 73.7 Å². The molecule has 1 aliphatic heterocycles. The third-order valence-electron chi connectivity index (χ3n) is 7.54. The van der Waals surface area contributed by atoms with Crippen LogP contribution in [0, 0.1) is 0 Å². The van der Waals surface area contributed by atoms with E-state index < -0.39 is 6.09 Å². The molecule has 8 heteroatoms. The number of benzene rings is 3. The van der Waals surface area contributed by atoms with Gasteiger partial charge in [-0.3, -0.25) is 5.32 Å². The molecule has 2 atom stereocenters. The van der Waals surface area contributed by atoms with Gasteiger partial charge in [-0.25, -0.2) is 4.79 Å². The number of nitrogens with zero attached hydrogens (tertiary/aromatic N) is 1. The Morgan fingerprint density at radius 1 is 1.10 bits per heavy atom. The van der Waals surface area contributed by atoms with Gasteiger partial charge in [-0.05, 0) is 56.0 Å². The summed E-state index contributed by atoms with van der Waals surface area (Å²) in [6.07, 6.45) is 2.52. The quantitative estimate of drug-likeness (QED) is 0.265. The highest BCUT2D eigenvalue weighted by Gasteiger charge is 2.27. The molecule has 0 spiro atoms. The van der Waals surface area contributed by atoms with Crippen LogP contribution in [-0.4, -0.2) is 36.8 Å². The van der Waals surface area contributed by atoms with Gasteiger partial charge < -0.3 is 29.2 Å². The molecule has 2 heterocycles. The van der Waals surface area contributed by atoms with E-state index in [0.29, 0.717) is 31.7 Å². The molecule has 3 N–H and O–H groups in total. The number of nitrogen functional groups attached to an aromatic ring is 1. The van der Waals surface area contributed by atoms with Crippen molar-refractivity contribution < 1.29 is 23.7 Å². The molecule has 2 fully saturated rings. The van der Waals surface area contributed by atoms with Crippen LogP contribution < -0.4 is 15.8 Å². The van der Waals surface area contributed by atoms with E-state index in [2.05, 4.69) is 16.0 Å². The summed E-state index contributed by atoms with van der Waals surface area (Å²) in [5.74, 6) is 0.783. The van der Waals surface area contributed by atoms with Crippen molar-refractivity contribution in [1.82, 2.24) is 4.57 Å². The second kappa shape index (κ2) is 11.0. The number of carbonyl (C=O) groups is 1. The first kappa shape index (κ1) is 25.3. The van der Waals surface area contributed by atoms with Crippen LogP contribution in [0.15, 0.2) is 72.8 Å². The average molecular weight is 528 g/mol. The lowest BCUT2D eigenvalue weighted by Crippen LogP contribution is -2.20. The molecule has 39 heavy (non-hydrogen) atoms. The fraction of sp³-hybridized carbons (Fsp3) is 0.323. The number of carbonyl (C=O) groups excluding carboxylic acids is 1. The van der Waals surface area contributed by atoms with Crippen LogP contribution in [0.1, 0.15) is 43.9 Å². The van der Waals surface area contributed by atoms with Crippen molar-refractivity contribution >= 4 is 28.4 Å². The lowest BCUT2D eigenvalue weighted by molar-refractivity contribution is 0.0320. The maximum atomic E-state index is 12.5. The zero-order valence-electron chi connectivity index (χ0n) is 22.0. The van der Waals surface area contributed by atoms with Gasteiger partial charge in [-0.15, -0.1) is 0 Å². The summed E-state index contributed by atoms with van der Waals surface area (Å²) >= 11 is 0. The lowest BCUT2D eigenvalue weighted by Gasteiger charge is -2.30. The summed E-state index contributed by atoms with van der Waals surface area (Å²) in [5, 5.41) is 3.84. The SMILES string of the molecule is C[C@@H](OC(=O)Nc1ccc(-c2c(N)c3ccc(OCC4COCO4)cc3n2C2CCC2)cc1)c1ccccc1. The summed E-state index contributed by atoms with van der Waals surface area (Å²) in [6.45, 7) is 3.17. The molecule has 3 aromatic carbocycles. The molecule has 2 aliphatic rings. The predicted octanol–water partition coefficient (Wildman–Crippen LogP) is 6.68. The zero-order chi connectivity index (χ0) is 26.8. The molecule has 1 unspecified atom stereocenters. The summed E-state index contributed by atoms with van der Waals surface area (Å²) in [5.41, 5.74) is 12.1. The van der Waals surface area contributed by atoms with Gasteiger partial charge in [-0.2, -0.15) is 0 Å². The molecular formula is C31H33N3O5. The van der Waals surface area contributed by atoms with Crippen molar-refractivity contribution in [2.75, 3.05) is 31.1 Å². The van der Waals surface area contributed by atoms with Crippen molar-refractivity contribution in [1.29, 1.82) is 0 Å². The average Bonchev–Trinajstić information content (AvgIpc) is 3.54. The second-order valence-electron chi connectivity index (χ2n) is 10.1. The summed E-state index contributed by atoms with van der Waals surface area (Å²) in [6, 6.07) is 23.8. The van der Waals surface area contributed by atoms with Gasteiger partial charge in [0.1, 0.15) is 31.4 Å². The first-order valence-corrected chi connectivity index (χ1v) is 13.5. The lowest BCUT2D eigenvalue weighted by atomic mass is 9.92. The molecule has 1 saturated carbocycles. The Morgan fingerprint density at radius 2 is 1.90 bits per heavy atom. The highest BCUT2D eigenvalue weighted by molar-refractivity contribution is 6.01. The molecule has 1 aromatic heterocycles. The van der Waals surface area contributed by atoms with E-state index in [0.717, 1.165) is 52.0 Å². The minimum Gasteiger partial charge on any atom is -0.491 e. The number of nitrogens with two attached hydrogens (primary N) is 1. The highest BCUT2D eigenvalue weighted by Crippen LogP contribution is 2.45. The Hall–Kier alpha value is -4.01. The third-order valence-corrected chi connectivity index (χ3v) is 7.54. The van der Waals surface area contributed by atoms with Crippen molar-refractivity contribution in [3.8, 4) is 17.0 Å². The van der Waals surface area contributed by atoms with Crippen LogP contribution in [0.5, 0.6) is 5.75 Å². The third kappa shape index (κ3) is 5.30. The van der Waals surface area contributed by atoms with Gasteiger partial charge in [0, 0.05) is 28.7 Å². The van der Waals surface area contributed by atoms with Gasteiger partial charge >= 0.3 is 6.09 Å². The van der Waals surface area contributed by atoms with E-state index in [9.17, 15) is 4.79 Å². The van der Waals surface area contributed by atoms with E-state index in [1.165, 1.54) is 6.42 Å². The van der Waals surface area contributed by atoms with Crippen LogP contribution in [0.4, 0.5) is 16.2 Å². The van der Waals surface area contributed by atoms with Gasteiger partial charge in [0.05, 0.1) is 23.5 Å². The number of amides is 1. The smallest absolute Gasteiger partial charge is 0.412 e. The van der Waals surface area contributed by atoms with Crippen molar-refractivity contribution in [3.05, 3.63) is 78.4 Å². The van der Waals surface area contributed by atoms with E-state index in [4.69, 9.17) is 24.7 Å².